The molecule has 176 valence electrons. The zero-order valence-corrected chi connectivity index (χ0v) is 20.1. The number of benzene rings is 2. The van der Waals surface area contributed by atoms with E-state index < -0.39 is 0 Å². The first-order valence-electron chi connectivity index (χ1n) is 11.9. The second-order valence-corrected chi connectivity index (χ2v) is 9.14. The Hall–Kier alpha value is -3.58. The molecule has 0 unspecified atom stereocenters. The lowest BCUT2D eigenvalue weighted by molar-refractivity contribution is 0.399. The van der Waals surface area contributed by atoms with Gasteiger partial charge in [0.15, 0.2) is 0 Å². The quantitative estimate of drug-likeness (QED) is 0.368. The highest BCUT2D eigenvalue weighted by Crippen LogP contribution is 2.38. The number of hydrogen-bond acceptors (Lipinski definition) is 6. The minimum absolute atomic E-state index is 0.526. The molecule has 0 spiro atoms. The average molecular weight is 457 g/mol. The van der Waals surface area contributed by atoms with Crippen LogP contribution >= 0.6 is 0 Å². The smallest absolute Gasteiger partial charge is 0.227 e. The summed E-state index contributed by atoms with van der Waals surface area (Å²) in [6.07, 6.45) is 5.98. The van der Waals surface area contributed by atoms with Crippen molar-refractivity contribution in [2.24, 2.45) is 0 Å². The highest BCUT2D eigenvalue weighted by molar-refractivity contribution is 5.97. The Morgan fingerprint density at radius 1 is 1.18 bits per heavy atom. The van der Waals surface area contributed by atoms with Crippen molar-refractivity contribution in [2.75, 3.05) is 38.8 Å². The number of nitrogens with two attached hydrogens (primary N) is 1. The van der Waals surface area contributed by atoms with Gasteiger partial charge in [-0.1, -0.05) is 18.2 Å². The third-order valence-electron chi connectivity index (χ3n) is 6.54. The largest absolute Gasteiger partial charge is 0.495 e. The molecule has 2 aromatic heterocycles. The summed E-state index contributed by atoms with van der Waals surface area (Å²) in [4.78, 5) is 11.6. The number of ether oxygens (including phenoxy) is 1. The predicted molar refractivity (Wildman–Crippen MR) is 139 cm³/mol. The zero-order valence-electron chi connectivity index (χ0n) is 20.1. The molecule has 0 amide bonds. The summed E-state index contributed by atoms with van der Waals surface area (Å²) < 4.78 is 8.10. The number of anilines is 3. The maximum Gasteiger partial charge on any atom is 0.227 e. The number of nitrogens with zero attached hydrogens (tertiary/aromatic N) is 4. The first-order valence-corrected chi connectivity index (χ1v) is 11.9. The molecule has 2 aromatic carbocycles. The Morgan fingerprint density at radius 3 is 2.85 bits per heavy atom. The Balaban J connectivity index is 1.46. The van der Waals surface area contributed by atoms with Crippen LogP contribution in [0.1, 0.15) is 24.1 Å². The standard InChI is InChI=1S/C27H32N6O/c1-32(2)14-6-8-18-16-25(34-3)22(17-20(18)28)31-27-29-13-12-21(30-27)26-19-9-4-5-10-23(19)33-15-7-11-24(26)33/h4-5,9-10,12-13,16-17H,6-8,11,14-15,28H2,1-3H3,(H,29,30,31). The third-order valence-corrected chi connectivity index (χ3v) is 6.54. The number of fused-ring (bicyclic) bond motifs is 3. The van der Waals surface area contributed by atoms with Crippen molar-refractivity contribution in [1.82, 2.24) is 19.4 Å². The summed E-state index contributed by atoms with van der Waals surface area (Å²) in [6, 6.07) is 14.5. The van der Waals surface area contributed by atoms with E-state index in [0.29, 0.717) is 5.95 Å². The van der Waals surface area contributed by atoms with E-state index in [1.54, 1.807) is 7.11 Å². The number of nitrogen functional groups attached to an aromatic ring is 1. The van der Waals surface area contributed by atoms with Crippen LogP contribution in [0.5, 0.6) is 5.75 Å². The van der Waals surface area contributed by atoms with Crippen LogP contribution in [0.15, 0.2) is 48.7 Å². The van der Waals surface area contributed by atoms with E-state index in [9.17, 15) is 0 Å². The van der Waals surface area contributed by atoms with Gasteiger partial charge in [0, 0.05) is 40.6 Å². The molecule has 4 aromatic rings. The number of methoxy groups -OCH3 is 1. The molecule has 5 rings (SSSR count). The lowest BCUT2D eigenvalue weighted by Crippen LogP contribution is -2.13. The molecule has 0 saturated heterocycles. The van der Waals surface area contributed by atoms with Gasteiger partial charge in [-0.2, -0.15) is 0 Å². The van der Waals surface area contributed by atoms with E-state index in [1.807, 2.05) is 24.4 Å². The lowest BCUT2D eigenvalue weighted by Gasteiger charge is -2.15. The molecule has 0 bridgehead atoms. The van der Waals surface area contributed by atoms with Crippen LogP contribution < -0.4 is 15.8 Å². The number of nitrogens with one attached hydrogen (secondary N) is 1. The molecule has 7 nitrogen and oxygen atoms in total. The van der Waals surface area contributed by atoms with Crippen LogP contribution in [-0.2, 0) is 19.4 Å². The molecule has 34 heavy (non-hydrogen) atoms. The SMILES string of the molecule is COc1cc(CCCN(C)C)c(N)cc1Nc1nccc(-c2c3n(c4ccccc24)CCC3)n1. The summed E-state index contributed by atoms with van der Waals surface area (Å²) >= 11 is 0. The highest BCUT2D eigenvalue weighted by Gasteiger charge is 2.23. The number of aryl methyl sites for hydroxylation is 2. The van der Waals surface area contributed by atoms with Gasteiger partial charge in [-0.05, 0) is 76.2 Å². The van der Waals surface area contributed by atoms with Gasteiger partial charge in [0.1, 0.15) is 5.75 Å². The fourth-order valence-corrected chi connectivity index (χ4v) is 4.95. The normalized spacial score (nSPS) is 12.9. The Kier molecular flexibility index (Phi) is 6.11. The molecule has 0 radical (unpaired) electrons. The van der Waals surface area contributed by atoms with E-state index >= 15 is 0 Å². The molecule has 0 fully saturated rings. The molecule has 3 N–H and O–H groups in total. The number of aromatic nitrogens is 3. The van der Waals surface area contributed by atoms with Gasteiger partial charge in [-0.15, -0.1) is 0 Å². The van der Waals surface area contributed by atoms with Crippen LogP contribution in [0, 0.1) is 0 Å². The summed E-state index contributed by atoms with van der Waals surface area (Å²) in [7, 11) is 5.83. The van der Waals surface area contributed by atoms with Gasteiger partial charge < -0.3 is 25.3 Å². The maximum absolute atomic E-state index is 6.39. The third kappa shape index (κ3) is 4.19. The van der Waals surface area contributed by atoms with Crippen LogP contribution in [-0.4, -0.2) is 47.2 Å². The van der Waals surface area contributed by atoms with Gasteiger partial charge in [-0.25, -0.2) is 9.97 Å². The number of rotatable bonds is 8. The van der Waals surface area contributed by atoms with Crippen molar-refractivity contribution in [3.63, 3.8) is 0 Å². The fourth-order valence-electron chi connectivity index (χ4n) is 4.95. The Morgan fingerprint density at radius 2 is 2.03 bits per heavy atom. The Bertz CT molecular complexity index is 1330. The Labute approximate surface area is 200 Å². The molecule has 0 aliphatic carbocycles. The van der Waals surface area contributed by atoms with Gasteiger partial charge in [0.2, 0.25) is 5.95 Å². The molecule has 0 atom stereocenters. The topological polar surface area (TPSA) is 81.2 Å². The van der Waals surface area contributed by atoms with Gasteiger partial charge in [0.05, 0.1) is 18.5 Å². The second kappa shape index (κ2) is 9.35. The maximum atomic E-state index is 6.39. The molecule has 7 heteroatoms. The van der Waals surface area contributed by atoms with E-state index in [2.05, 4.69) is 58.1 Å². The van der Waals surface area contributed by atoms with Gasteiger partial charge in [-0.3, -0.25) is 0 Å². The summed E-state index contributed by atoms with van der Waals surface area (Å²) in [5.74, 6) is 1.26. The van der Waals surface area contributed by atoms with Crippen LogP contribution in [0.3, 0.4) is 0 Å². The van der Waals surface area contributed by atoms with Crippen molar-refractivity contribution in [1.29, 1.82) is 0 Å². The van der Waals surface area contributed by atoms with Crippen LogP contribution in [0.4, 0.5) is 17.3 Å². The van der Waals surface area contributed by atoms with Gasteiger partial charge >= 0.3 is 0 Å². The fraction of sp³-hybridized carbons (Fsp3) is 0.333. The summed E-state index contributed by atoms with van der Waals surface area (Å²) in [5, 5.41) is 4.58. The zero-order chi connectivity index (χ0) is 23.7. The molecule has 1 aliphatic rings. The molecule has 0 saturated carbocycles. The summed E-state index contributed by atoms with van der Waals surface area (Å²) in [5.41, 5.74) is 13.8. The monoisotopic (exact) mass is 456 g/mol. The van der Waals surface area contributed by atoms with Crippen molar-refractivity contribution in [2.45, 2.75) is 32.2 Å². The first kappa shape index (κ1) is 22.2. The highest BCUT2D eigenvalue weighted by atomic mass is 16.5. The van der Waals surface area contributed by atoms with E-state index in [-0.39, 0.29) is 0 Å². The minimum Gasteiger partial charge on any atom is -0.495 e. The van der Waals surface area contributed by atoms with E-state index in [4.69, 9.17) is 15.5 Å². The predicted octanol–water partition coefficient (Wildman–Crippen LogP) is 4.87. The number of para-hydroxylation sites is 1. The van der Waals surface area contributed by atoms with Crippen molar-refractivity contribution in [3.8, 4) is 17.0 Å². The van der Waals surface area contributed by atoms with Gasteiger partial charge in [0.25, 0.3) is 0 Å². The van der Waals surface area contributed by atoms with Crippen LogP contribution in [0.2, 0.25) is 0 Å². The van der Waals surface area contributed by atoms with Crippen LogP contribution in [0.25, 0.3) is 22.2 Å². The molecule has 1 aliphatic heterocycles. The van der Waals surface area contributed by atoms with Crippen molar-refractivity contribution >= 4 is 28.2 Å². The lowest BCUT2D eigenvalue weighted by atomic mass is 10.1. The first-order chi connectivity index (χ1) is 16.5. The second-order valence-electron chi connectivity index (χ2n) is 9.14. The molecular formula is C27H32N6O. The minimum atomic E-state index is 0.526. The number of hydrogen-bond donors (Lipinski definition) is 2. The average Bonchev–Trinajstić information content (AvgIpc) is 3.41. The summed E-state index contributed by atoms with van der Waals surface area (Å²) in [6.45, 7) is 2.07. The van der Waals surface area contributed by atoms with Crippen molar-refractivity contribution in [3.05, 3.63) is 59.9 Å². The molecular weight excluding hydrogens is 424 g/mol. The van der Waals surface area contributed by atoms with E-state index in [0.717, 1.165) is 60.7 Å². The van der Waals surface area contributed by atoms with Crippen molar-refractivity contribution < 1.29 is 4.74 Å². The molecule has 3 heterocycles. The van der Waals surface area contributed by atoms with E-state index in [1.165, 1.54) is 28.6 Å².